The summed E-state index contributed by atoms with van der Waals surface area (Å²) in [5.74, 6) is 0.0388. The average molecular weight is 340 g/mol. The molecule has 5 nitrogen and oxygen atoms in total. The molecule has 0 amide bonds. The summed E-state index contributed by atoms with van der Waals surface area (Å²) in [6.07, 6.45) is 3.16. The molecular formula is C18H16N2O3S. The van der Waals surface area contributed by atoms with Crippen molar-refractivity contribution < 1.29 is 12.6 Å². The maximum absolute atomic E-state index is 12.6. The van der Waals surface area contributed by atoms with Gasteiger partial charge >= 0.3 is 10.1 Å². The Morgan fingerprint density at radius 2 is 1.58 bits per heavy atom. The predicted octanol–water partition coefficient (Wildman–Crippen LogP) is 3.53. The molecule has 0 radical (unpaired) electrons. The minimum atomic E-state index is -3.98. The summed E-state index contributed by atoms with van der Waals surface area (Å²) in [4.78, 5) is 8.34. The van der Waals surface area contributed by atoms with Crippen LogP contribution in [-0.4, -0.2) is 18.4 Å². The van der Waals surface area contributed by atoms with E-state index < -0.39 is 10.1 Å². The van der Waals surface area contributed by atoms with Gasteiger partial charge in [-0.1, -0.05) is 18.2 Å². The summed E-state index contributed by atoms with van der Waals surface area (Å²) in [6.45, 7) is 3.68. The number of aromatic nitrogens is 2. The minimum Gasteiger partial charge on any atom is -0.358 e. The van der Waals surface area contributed by atoms with Gasteiger partial charge in [-0.3, -0.25) is 4.98 Å². The third kappa shape index (κ3) is 3.14. The molecule has 0 saturated carbocycles. The van der Waals surface area contributed by atoms with E-state index in [2.05, 4.69) is 9.97 Å². The Hall–Kier alpha value is -2.73. The Balaban J connectivity index is 2.09. The van der Waals surface area contributed by atoms with Gasteiger partial charge in [0.1, 0.15) is 4.90 Å². The number of hydrogen-bond acceptors (Lipinski definition) is 5. The normalized spacial score (nSPS) is 11.2. The quantitative estimate of drug-likeness (QED) is 0.680. The van der Waals surface area contributed by atoms with Crippen LogP contribution in [0.5, 0.6) is 5.88 Å². The Morgan fingerprint density at radius 1 is 0.875 bits per heavy atom. The highest BCUT2D eigenvalue weighted by Gasteiger charge is 2.23. The molecule has 0 fully saturated rings. The van der Waals surface area contributed by atoms with Gasteiger partial charge in [0.05, 0.1) is 5.69 Å². The Bertz CT molecular complexity index is 956. The first-order chi connectivity index (χ1) is 11.5. The zero-order valence-corrected chi connectivity index (χ0v) is 14.1. The van der Waals surface area contributed by atoms with E-state index in [-0.39, 0.29) is 10.8 Å². The number of nitrogens with zero attached hydrogens (tertiary/aromatic N) is 2. The Labute approximate surface area is 141 Å². The van der Waals surface area contributed by atoms with E-state index in [1.807, 2.05) is 25.1 Å². The topological polar surface area (TPSA) is 69.2 Å². The molecule has 2 heterocycles. The third-order valence-electron chi connectivity index (χ3n) is 3.65. The summed E-state index contributed by atoms with van der Waals surface area (Å²) in [7, 11) is -3.98. The molecule has 122 valence electrons. The van der Waals surface area contributed by atoms with Crippen LogP contribution >= 0.6 is 0 Å². The van der Waals surface area contributed by atoms with Crippen LogP contribution in [0.25, 0.3) is 11.3 Å². The van der Waals surface area contributed by atoms with Gasteiger partial charge in [-0.25, -0.2) is 4.98 Å². The molecule has 0 atom stereocenters. The van der Waals surface area contributed by atoms with Gasteiger partial charge in [-0.15, -0.1) is 0 Å². The molecular weight excluding hydrogens is 324 g/mol. The third-order valence-corrected chi connectivity index (χ3v) is 5.02. The van der Waals surface area contributed by atoms with Crippen molar-refractivity contribution in [1.29, 1.82) is 0 Å². The van der Waals surface area contributed by atoms with E-state index in [1.165, 1.54) is 12.3 Å². The molecule has 3 rings (SSSR count). The van der Waals surface area contributed by atoms with Crippen molar-refractivity contribution in [2.75, 3.05) is 0 Å². The number of hydrogen-bond donors (Lipinski definition) is 0. The van der Waals surface area contributed by atoms with Crippen molar-refractivity contribution in [3.05, 3.63) is 72.1 Å². The molecule has 1 aromatic carbocycles. The van der Waals surface area contributed by atoms with Crippen LogP contribution in [-0.2, 0) is 10.1 Å². The molecule has 3 aromatic rings. The van der Waals surface area contributed by atoms with Crippen LogP contribution in [0.4, 0.5) is 0 Å². The van der Waals surface area contributed by atoms with Gasteiger partial charge in [0.15, 0.2) is 0 Å². The second-order valence-electron chi connectivity index (χ2n) is 5.30. The summed E-state index contributed by atoms with van der Waals surface area (Å²) in [5.41, 5.74) is 3.07. The fourth-order valence-electron chi connectivity index (χ4n) is 2.56. The van der Waals surface area contributed by atoms with Gasteiger partial charge in [0, 0.05) is 24.0 Å². The predicted molar refractivity (Wildman–Crippen MR) is 91.2 cm³/mol. The lowest BCUT2D eigenvalue weighted by Gasteiger charge is -2.14. The molecule has 0 unspecified atom stereocenters. The zero-order chi connectivity index (χ0) is 17.2. The van der Waals surface area contributed by atoms with Crippen molar-refractivity contribution in [1.82, 2.24) is 9.97 Å². The van der Waals surface area contributed by atoms with Crippen LogP contribution in [0, 0.1) is 13.8 Å². The molecule has 0 aliphatic carbocycles. The van der Waals surface area contributed by atoms with Crippen LogP contribution in [0.15, 0.2) is 65.8 Å². The van der Waals surface area contributed by atoms with Gasteiger partial charge in [0.2, 0.25) is 5.88 Å². The van der Waals surface area contributed by atoms with Gasteiger partial charge in [0.25, 0.3) is 0 Å². The summed E-state index contributed by atoms with van der Waals surface area (Å²) in [6, 6.07) is 13.7. The molecule has 24 heavy (non-hydrogen) atoms. The number of rotatable bonds is 4. The number of aryl methyl sites for hydroxylation is 1. The molecule has 0 spiro atoms. The Morgan fingerprint density at radius 3 is 2.21 bits per heavy atom. The van der Waals surface area contributed by atoms with Gasteiger partial charge < -0.3 is 4.18 Å². The molecule has 6 heteroatoms. The molecule has 2 aromatic heterocycles. The van der Waals surface area contributed by atoms with Crippen molar-refractivity contribution >= 4 is 10.1 Å². The fourth-order valence-corrected chi connectivity index (χ4v) is 3.68. The molecule has 0 aliphatic rings. The highest BCUT2D eigenvalue weighted by molar-refractivity contribution is 7.87. The SMILES string of the molecule is Cc1ccc(S(=O)(=O)Oc2ccccn2)c(C)c1-c1ccccn1. The smallest absolute Gasteiger partial charge is 0.341 e. The maximum atomic E-state index is 12.6. The lowest BCUT2D eigenvalue weighted by atomic mass is 9.99. The highest BCUT2D eigenvalue weighted by atomic mass is 32.2. The number of pyridine rings is 2. The fraction of sp³-hybridized carbons (Fsp3) is 0.111. The number of benzene rings is 1. The van der Waals surface area contributed by atoms with E-state index in [0.29, 0.717) is 5.56 Å². The second kappa shape index (κ2) is 6.41. The van der Waals surface area contributed by atoms with E-state index in [1.54, 1.807) is 37.4 Å². The molecule has 0 bridgehead atoms. The second-order valence-corrected chi connectivity index (χ2v) is 6.82. The van der Waals surface area contributed by atoms with Crippen molar-refractivity contribution in [3.8, 4) is 17.1 Å². The molecule has 0 aliphatic heterocycles. The van der Waals surface area contributed by atoms with E-state index in [4.69, 9.17) is 4.18 Å². The average Bonchev–Trinajstić information content (AvgIpc) is 2.56. The van der Waals surface area contributed by atoms with Crippen LogP contribution in [0.1, 0.15) is 11.1 Å². The Kier molecular flexibility index (Phi) is 4.31. The lowest BCUT2D eigenvalue weighted by molar-refractivity contribution is 0.475. The van der Waals surface area contributed by atoms with E-state index >= 15 is 0 Å². The molecule has 0 saturated heterocycles. The van der Waals surface area contributed by atoms with Crippen molar-refractivity contribution in [3.63, 3.8) is 0 Å². The lowest BCUT2D eigenvalue weighted by Crippen LogP contribution is -2.13. The zero-order valence-electron chi connectivity index (χ0n) is 13.3. The monoisotopic (exact) mass is 340 g/mol. The largest absolute Gasteiger partial charge is 0.358 e. The minimum absolute atomic E-state index is 0.0388. The van der Waals surface area contributed by atoms with Gasteiger partial charge in [-0.05, 0) is 49.2 Å². The van der Waals surface area contributed by atoms with Gasteiger partial charge in [-0.2, -0.15) is 8.42 Å². The summed E-state index contributed by atoms with van der Waals surface area (Å²) in [5, 5.41) is 0. The highest BCUT2D eigenvalue weighted by Crippen LogP contribution is 2.31. The standard InChI is InChI=1S/C18H16N2O3S/c1-13-9-10-16(14(2)18(13)15-7-3-5-11-19-15)24(21,22)23-17-8-4-6-12-20-17/h3-12H,1-2H3. The molecule has 0 N–H and O–H groups in total. The first-order valence-corrected chi connectivity index (χ1v) is 8.77. The van der Waals surface area contributed by atoms with E-state index in [9.17, 15) is 8.42 Å². The van der Waals surface area contributed by atoms with Crippen molar-refractivity contribution in [2.45, 2.75) is 18.7 Å². The van der Waals surface area contributed by atoms with Crippen molar-refractivity contribution in [2.24, 2.45) is 0 Å². The van der Waals surface area contributed by atoms with E-state index in [0.717, 1.165) is 16.8 Å². The van der Waals surface area contributed by atoms with Crippen LogP contribution < -0.4 is 4.18 Å². The maximum Gasteiger partial charge on any atom is 0.341 e. The van der Waals surface area contributed by atoms with Crippen LogP contribution in [0.2, 0.25) is 0 Å². The summed E-state index contributed by atoms with van der Waals surface area (Å²) >= 11 is 0. The summed E-state index contributed by atoms with van der Waals surface area (Å²) < 4.78 is 30.4. The first kappa shape index (κ1) is 16.1. The first-order valence-electron chi connectivity index (χ1n) is 7.36. The van der Waals surface area contributed by atoms with Crippen LogP contribution in [0.3, 0.4) is 0 Å².